The summed E-state index contributed by atoms with van der Waals surface area (Å²) in [4.78, 5) is 4.59. The molecule has 2 N–H and O–H groups in total. The third-order valence-electron chi connectivity index (χ3n) is 2.52. The van der Waals surface area contributed by atoms with E-state index in [1.165, 1.54) is 4.70 Å². The second-order valence-electron chi connectivity index (χ2n) is 4.93. The van der Waals surface area contributed by atoms with Crippen LogP contribution in [0, 0.1) is 0 Å². The minimum atomic E-state index is -0.690. The molecule has 0 aliphatic heterocycles. The Bertz CT molecular complexity index is 468. The molecule has 1 unspecified atom stereocenters. The molecule has 3 nitrogen and oxygen atoms in total. The number of aromatic nitrogens is 1. The highest BCUT2D eigenvalue weighted by atomic mass is 32.1. The van der Waals surface area contributed by atoms with Gasteiger partial charge >= 0.3 is 0 Å². The summed E-state index contributed by atoms with van der Waals surface area (Å²) >= 11 is 1.70. The van der Waals surface area contributed by atoms with Gasteiger partial charge < -0.3 is 10.4 Å². The lowest BCUT2D eigenvalue weighted by molar-refractivity contribution is 0.0770. The normalized spacial score (nSPS) is 14.1. The number of para-hydroxylation sites is 1. The van der Waals surface area contributed by atoms with E-state index in [-0.39, 0.29) is 6.04 Å². The second kappa shape index (κ2) is 4.72. The third-order valence-corrected chi connectivity index (χ3v) is 3.74. The van der Waals surface area contributed by atoms with Crippen molar-refractivity contribution in [1.29, 1.82) is 0 Å². The molecule has 1 aromatic carbocycles. The van der Waals surface area contributed by atoms with Crippen LogP contribution in [0.25, 0.3) is 10.2 Å². The largest absolute Gasteiger partial charge is 0.389 e. The minimum absolute atomic E-state index is 0.166. The average molecular weight is 250 g/mol. The molecule has 17 heavy (non-hydrogen) atoms. The number of hydrogen-bond donors (Lipinski definition) is 2. The summed E-state index contributed by atoms with van der Waals surface area (Å²) in [5, 5.41) is 14.0. The Hall–Kier alpha value is -0.970. The summed E-state index contributed by atoms with van der Waals surface area (Å²) in [5.41, 5.74) is 0.356. The summed E-state index contributed by atoms with van der Waals surface area (Å²) in [7, 11) is 0. The van der Waals surface area contributed by atoms with Gasteiger partial charge in [0.2, 0.25) is 0 Å². The van der Waals surface area contributed by atoms with Gasteiger partial charge in [-0.25, -0.2) is 4.98 Å². The molecule has 92 valence electrons. The van der Waals surface area contributed by atoms with E-state index in [9.17, 15) is 5.11 Å². The fourth-order valence-corrected chi connectivity index (χ4v) is 2.56. The molecular formula is C13H18N2OS. The van der Waals surface area contributed by atoms with Crippen molar-refractivity contribution in [3.05, 3.63) is 29.3 Å². The molecular weight excluding hydrogens is 232 g/mol. The molecule has 2 aromatic rings. The number of aliphatic hydroxyl groups is 1. The van der Waals surface area contributed by atoms with Crippen LogP contribution in [0.15, 0.2) is 24.3 Å². The number of nitrogens with one attached hydrogen (secondary N) is 1. The van der Waals surface area contributed by atoms with Crippen LogP contribution in [-0.4, -0.2) is 22.2 Å². The number of nitrogens with zero attached hydrogens (tertiary/aromatic N) is 1. The zero-order valence-corrected chi connectivity index (χ0v) is 11.2. The minimum Gasteiger partial charge on any atom is -0.389 e. The van der Waals surface area contributed by atoms with Crippen LogP contribution in [0.3, 0.4) is 0 Å². The number of thiazole rings is 1. The van der Waals surface area contributed by atoms with E-state index >= 15 is 0 Å². The SMILES string of the molecule is CC(NCC(C)(C)O)c1nc2ccccc2s1. The Labute approximate surface area is 106 Å². The van der Waals surface area contributed by atoms with Gasteiger partial charge in [-0.05, 0) is 32.9 Å². The highest BCUT2D eigenvalue weighted by Crippen LogP contribution is 2.26. The maximum atomic E-state index is 9.67. The molecule has 0 saturated carbocycles. The van der Waals surface area contributed by atoms with Gasteiger partial charge in [0.25, 0.3) is 0 Å². The van der Waals surface area contributed by atoms with Crippen LogP contribution in [0.4, 0.5) is 0 Å². The highest BCUT2D eigenvalue weighted by Gasteiger charge is 2.16. The number of fused-ring (bicyclic) bond motifs is 1. The van der Waals surface area contributed by atoms with Crippen molar-refractivity contribution in [1.82, 2.24) is 10.3 Å². The van der Waals surface area contributed by atoms with Gasteiger partial charge in [-0.2, -0.15) is 0 Å². The van der Waals surface area contributed by atoms with E-state index < -0.39 is 5.60 Å². The van der Waals surface area contributed by atoms with Crippen molar-refractivity contribution in [2.45, 2.75) is 32.4 Å². The maximum Gasteiger partial charge on any atom is 0.111 e. The fourth-order valence-electron chi connectivity index (χ4n) is 1.57. The number of hydrogen-bond acceptors (Lipinski definition) is 4. The van der Waals surface area contributed by atoms with Crippen molar-refractivity contribution in [2.24, 2.45) is 0 Å². The Morgan fingerprint density at radius 1 is 1.41 bits per heavy atom. The van der Waals surface area contributed by atoms with E-state index in [2.05, 4.69) is 23.3 Å². The van der Waals surface area contributed by atoms with Crippen LogP contribution in [0.1, 0.15) is 31.8 Å². The first-order chi connectivity index (χ1) is 7.96. The maximum absolute atomic E-state index is 9.67. The fraction of sp³-hybridized carbons (Fsp3) is 0.462. The van der Waals surface area contributed by atoms with Crippen LogP contribution in [-0.2, 0) is 0 Å². The van der Waals surface area contributed by atoms with E-state index in [0.717, 1.165) is 10.5 Å². The second-order valence-corrected chi connectivity index (χ2v) is 6.00. The smallest absolute Gasteiger partial charge is 0.111 e. The van der Waals surface area contributed by atoms with Gasteiger partial charge in [-0.15, -0.1) is 11.3 Å². The van der Waals surface area contributed by atoms with Crippen molar-refractivity contribution in [3.8, 4) is 0 Å². The van der Waals surface area contributed by atoms with Crippen molar-refractivity contribution >= 4 is 21.6 Å². The van der Waals surface area contributed by atoms with Crippen molar-refractivity contribution < 1.29 is 5.11 Å². The molecule has 1 aromatic heterocycles. The molecule has 0 bridgehead atoms. The van der Waals surface area contributed by atoms with Gasteiger partial charge in [0, 0.05) is 6.54 Å². The van der Waals surface area contributed by atoms with Crippen molar-refractivity contribution in [2.75, 3.05) is 6.54 Å². The first-order valence-corrected chi connectivity index (χ1v) is 6.58. The third kappa shape index (κ3) is 3.25. The Morgan fingerprint density at radius 3 is 2.76 bits per heavy atom. The standard InChI is InChI=1S/C13H18N2OS/c1-9(14-8-13(2,3)16)12-15-10-6-4-5-7-11(10)17-12/h4-7,9,14,16H,8H2,1-3H3. The summed E-state index contributed by atoms with van der Waals surface area (Å²) in [6.07, 6.45) is 0. The van der Waals surface area contributed by atoms with Crippen LogP contribution in [0.5, 0.6) is 0 Å². The molecule has 0 spiro atoms. The molecule has 0 aliphatic rings. The molecule has 0 saturated heterocycles. The summed E-state index contributed by atoms with van der Waals surface area (Å²) in [5.74, 6) is 0. The van der Waals surface area contributed by atoms with Gasteiger partial charge in [0.1, 0.15) is 5.01 Å². The molecule has 0 aliphatic carbocycles. The molecule has 1 heterocycles. The molecule has 0 amide bonds. The lowest BCUT2D eigenvalue weighted by Gasteiger charge is -2.20. The molecule has 1 atom stereocenters. The predicted octanol–water partition coefficient (Wildman–Crippen LogP) is 2.72. The quantitative estimate of drug-likeness (QED) is 0.877. The zero-order chi connectivity index (χ0) is 12.5. The van der Waals surface area contributed by atoms with Crippen LogP contribution < -0.4 is 5.32 Å². The van der Waals surface area contributed by atoms with Crippen LogP contribution >= 0.6 is 11.3 Å². The first kappa shape index (κ1) is 12.5. The lowest BCUT2D eigenvalue weighted by atomic mass is 10.1. The van der Waals surface area contributed by atoms with Gasteiger partial charge in [0.05, 0.1) is 21.9 Å². The van der Waals surface area contributed by atoms with E-state index in [1.807, 2.05) is 18.2 Å². The number of benzene rings is 1. The topological polar surface area (TPSA) is 45.1 Å². The summed E-state index contributed by atoms with van der Waals surface area (Å²) in [6, 6.07) is 8.30. The Balaban J connectivity index is 2.11. The van der Waals surface area contributed by atoms with E-state index in [1.54, 1.807) is 25.2 Å². The van der Waals surface area contributed by atoms with E-state index in [0.29, 0.717) is 6.54 Å². The zero-order valence-electron chi connectivity index (χ0n) is 10.4. The van der Waals surface area contributed by atoms with Crippen LogP contribution in [0.2, 0.25) is 0 Å². The number of rotatable bonds is 4. The average Bonchev–Trinajstić information content (AvgIpc) is 2.68. The lowest BCUT2D eigenvalue weighted by Crippen LogP contribution is -2.36. The summed E-state index contributed by atoms with van der Waals surface area (Å²) < 4.78 is 1.21. The van der Waals surface area contributed by atoms with Gasteiger partial charge in [-0.3, -0.25) is 0 Å². The molecule has 0 fully saturated rings. The Morgan fingerprint density at radius 2 is 2.12 bits per heavy atom. The summed E-state index contributed by atoms with van der Waals surface area (Å²) in [6.45, 7) is 6.23. The predicted molar refractivity (Wildman–Crippen MR) is 72.3 cm³/mol. The Kier molecular flexibility index (Phi) is 3.47. The van der Waals surface area contributed by atoms with Gasteiger partial charge in [-0.1, -0.05) is 12.1 Å². The van der Waals surface area contributed by atoms with Crippen molar-refractivity contribution in [3.63, 3.8) is 0 Å². The highest BCUT2D eigenvalue weighted by molar-refractivity contribution is 7.18. The molecule has 4 heteroatoms. The van der Waals surface area contributed by atoms with Gasteiger partial charge in [0.15, 0.2) is 0 Å². The molecule has 0 radical (unpaired) electrons. The first-order valence-electron chi connectivity index (χ1n) is 5.77. The van der Waals surface area contributed by atoms with E-state index in [4.69, 9.17) is 0 Å². The monoisotopic (exact) mass is 250 g/mol. The molecule has 2 rings (SSSR count).